The standard InChI is InChI=1S/C23H33BNO/c1-6-7-8-11-18(4)12-9-13-19(5)21-15-10-14-20-16-22(25-17(2)3)24-26-23(20)21/h10,14-15,22,25H,2,4-9,11-13,16H2,1,3H3. The van der Waals surface area contributed by atoms with Crippen LogP contribution >= 0.6 is 0 Å². The van der Waals surface area contributed by atoms with Crippen molar-refractivity contribution >= 4 is 13.1 Å². The zero-order chi connectivity index (χ0) is 18.9. The van der Waals surface area contributed by atoms with E-state index in [4.69, 9.17) is 4.65 Å². The van der Waals surface area contributed by atoms with E-state index in [1.54, 1.807) is 0 Å². The third-order valence-corrected chi connectivity index (χ3v) is 4.84. The molecule has 2 rings (SSSR count). The summed E-state index contributed by atoms with van der Waals surface area (Å²) in [4.78, 5) is 0. The van der Waals surface area contributed by atoms with E-state index in [0.29, 0.717) is 0 Å². The quantitative estimate of drug-likeness (QED) is 0.300. The number of allylic oxidation sites excluding steroid dienone is 3. The molecule has 0 aliphatic carbocycles. The first-order valence-corrected chi connectivity index (χ1v) is 9.90. The highest BCUT2D eigenvalue weighted by atomic mass is 16.4. The maximum absolute atomic E-state index is 5.98. The molecule has 0 bridgehead atoms. The molecular weight excluding hydrogens is 317 g/mol. The van der Waals surface area contributed by atoms with Crippen molar-refractivity contribution in [3.8, 4) is 5.75 Å². The van der Waals surface area contributed by atoms with E-state index in [1.807, 2.05) is 14.4 Å². The van der Waals surface area contributed by atoms with Gasteiger partial charge in [0.05, 0.1) is 0 Å². The van der Waals surface area contributed by atoms with Gasteiger partial charge in [-0.1, -0.05) is 63.3 Å². The maximum atomic E-state index is 5.98. The second-order valence-corrected chi connectivity index (χ2v) is 7.45. The van der Waals surface area contributed by atoms with Gasteiger partial charge in [0.2, 0.25) is 0 Å². The summed E-state index contributed by atoms with van der Waals surface area (Å²) in [6.07, 6.45) is 9.10. The van der Waals surface area contributed by atoms with Crippen molar-refractivity contribution in [3.05, 3.63) is 60.3 Å². The molecular formula is C23H33BNO. The smallest absolute Gasteiger partial charge is 0.394 e. The molecule has 3 heteroatoms. The lowest BCUT2D eigenvalue weighted by atomic mass is 9.78. The molecule has 0 aromatic heterocycles. The number of rotatable bonds is 11. The molecule has 139 valence electrons. The van der Waals surface area contributed by atoms with Gasteiger partial charge in [0, 0.05) is 11.5 Å². The predicted molar refractivity (Wildman–Crippen MR) is 114 cm³/mol. The molecule has 1 aliphatic heterocycles. The molecule has 1 radical (unpaired) electrons. The largest absolute Gasteiger partial charge is 0.560 e. The first-order chi connectivity index (χ1) is 12.5. The zero-order valence-corrected chi connectivity index (χ0v) is 16.6. The van der Waals surface area contributed by atoms with Crippen LogP contribution < -0.4 is 9.97 Å². The van der Waals surface area contributed by atoms with Gasteiger partial charge in [0.25, 0.3) is 0 Å². The van der Waals surface area contributed by atoms with Crippen molar-refractivity contribution in [2.45, 2.75) is 71.2 Å². The highest BCUT2D eigenvalue weighted by Gasteiger charge is 2.24. The molecule has 1 heterocycles. The Morgan fingerprint density at radius 3 is 2.65 bits per heavy atom. The summed E-state index contributed by atoms with van der Waals surface area (Å²) >= 11 is 0. The van der Waals surface area contributed by atoms with Gasteiger partial charge in [-0.05, 0) is 62.3 Å². The number of hydrogen-bond donors (Lipinski definition) is 1. The van der Waals surface area contributed by atoms with Crippen LogP contribution in [0, 0.1) is 0 Å². The van der Waals surface area contributed by atoms with Crippen molar-refractivity contribution in [3.63, 3.8) is 0 Å². The normalized spacial score (nSPS) is 15.4. The lowest BCUT2D eigenvalue weighted by Gasteiger charge is -2.28. The fraction of sp³-hybridized carbons (Fsp3) is 0.478. The highest BCUT2D eigenvalue weighted by molar-refractivity contribution is 6.31. The molecule has 1 unspecified atom stereocenters. The van der Waals surface area contributed by atoms with Gasteiger partial charge in [0.1, 0.15) is 5.75 Å². The number of para-hydroxylation sites is 1. The molecule has 0 amide bonds. The van der Waals surface area contributed by atoms with Crippen molar-refractivity contribution < 1.29 is 4.65 Å². The monoisotopic (exact) mass is 350 g/mol. The predicted octanol–water partition coefficient (Wildman–Crippen LogP) is 6.01. The molecule has 1 N–H and O–H groups in total. The minimum Gasteiger partial charge on any atom is -0.560 e. The topological polar surface area (TPSA) is 21.3 Å². The molecule has 2 nitrogen and oxygen atoms in total. The van der Waals surface area contributed by atoms with E-state index in [2.05, 4.69) is 50.2 Å². The number of fused-ring (bicyclic) bond motifs is 1. The fourth-order valence-corrected chi connectivity index (χ4v) is 3.44. The third-order valence-electron chi connectivity index (χ3n) is 4.84. The Labute approximate surface area is 160 Å². The Balaban J connectivity index is 1.88. The van der Waals surface area contributed by atoms with E-state index < -0.39 is 0 Å². The lowest BCUT2D eigenvalue weighted by Crippen LogP contribution is -2.41. The number of benzene rings is 1. The SMILES string of the molecule is C=C(CCCCC)CCCC(=C)c1cccc2c1O[B]C(NC(=C)C)C2. The highest BCUT2D eigenvalue weighted by Crippen LogP contribution is 2.34. The van der Waals surface area contributed by atoms with Crippen LogP contribution in [0.1, 0.15) is 69.9 Å². The van der Waals surface area contributed by atoms with Crippen molar-refractivity contribution in [2.24, 2.45) is 0 Å². The maximum Gasteiger partial charge on any atom is 0.394 e. The lowest BCUT2D eigenvalue weighted by molar-refractivity contribution is 0.514. The second-order valence-electron chi connectivity index (χ2n) is 7.45. The van der Waals surface area contributed by atoms with Gasteiger partial charge < -0.3 is 9.97 Å². The van der Waals surface area contributed by atoms with E-state index in [9.17, 15) is 0 Å². The minimum absolute atomic E-state index is 0.176. The molecule has 1 aromatic carbocycles. The van der Waals surface area contributed by atoms with E-state index in [0.717, 1.165) is 54.7 Å². The fourth-order valence-electron chi connectivity index (χ4n) is 3.44. The van der Waals surface area contributed by atoms with Crippen LogP contribution in [0.25, 0.3) is 5.57 Å². The summed E-state index contributed by atoms with van der Waals surface area (Å²) < 4.78 is 5.98. The van der Waals surface area contributed by atoms with Gasteiger partial charge in [0.15, 0.2) is 0 Å². The van der Waals surface area contributed by atoms with Crippen LogP contribution in [0.2, 0.25) is 0 Å². The van der Waals surface area contributed by atoms with Gasteiger partial charge in [-0.15, -0.1) is 0 Å². The Morgan fingerprint density at radius 2 is 1.92 bits per heavy atom. The summed E-state index contributed by atoms with van der Waals surface area (Å²) in [6, 6.07) is 6.37. The van der Waals surface area contributed by atoms with Gasteiger partial charge in [-0.25, -0.2) is 0 Å². The molecule has 0 saturated heterocycles. The van der Waals surface area contributed by atoms with E-state index >= 15 is 0 Å². The average molecular weight is 350 g/mol. The Hall–Kier alpha value is -1.90. The van der Waals surface area contributed by atoms with Gasteiger partial charge in [-0.2, -0.15) is 0 Å². The first kappa shape index (κ1) is 20.4. The Morgan fingerprint density at radius 1 is 1.15 bits per heavy atom. The van der Waals surface area contributed by atoms with Crippen LogP contribution in [0.15, 0.2) is 49.2 Å². The molecule has 1 aliphatic rings. The summed E-state index contributed by atoms with van der Waals surface area (Å²) in [6.45, 7) is 16.7. The first-order valence-electron chi connectivity index (χ1n) is 9.90. The number of nitrogens with one attached hydrogen (secondary N) is 1. The van der Waals surface area contributed by atoms with Gasteiger partial charge in [-0.3, -0.25) is 0 Å². The van der Waals surface area contributed by atoms with Crippen molar-refractivity contribution in [1.82, 2.24) is 5.32 Å². The number of unbranched alkanes of at least 4 members (excludes halogenated alkanes) is 2. The Kier molecular flexibility index (Phi) is 8.09. The van der Waals surface area contributed by atoms with Crippen LogP contribution in [0.4, 0.5) is 0 Å². The summed E-state index contributed by atoms with van der Waals surface area (Å²) in [5.74, 6) is 1.15. The van der Waals surface area contributed by atoms with Crippen LogP contribution in [-0.4, -0.2) is 13.4 Å². The van der Waals surface area contributed by atoms with Gasteiger partial charge >= 0.3 is 7.48 Å². The molecule has 0 fully saturated rings. The summed E-state index contributed by atoms with van der Waals surface area (Å²) in [5.41, 5.74) is 5.86. The summed E-state index contributed by atoms with van der Waals surface area (Å²) in [7, 11) is 1.88. The third kappa shape index (κ3) is 6.12. The average Bonchev–Trinajstić information content (AvgIpc) is 2.60. The van der Waals surface area contributed by atoms with Crippen LogP contribution in [0.3, 0.4) is 0 Å². The number of hydrogen-bond acceptors (Lipinski definition) is 2. The molecule has 0 spiro atoms. The summed E-state index contributed by atoms with van der Waals surface area (Å²) in [5, 5.41) is 3.33. The Bertz CT molecular complexity index is 650. The molecule has 1 atom stereocenters. The zero-order valence-electron chi connectivity index (χ0n) is 16.6. The van der Waals surface area contributed by atoms with Crippen molar-refractivity contribution in [2.75, 3.05) is 0 Å². The second kappa shape index (κ2) is 10.3. The van der Waals surface area contributed by atoms with Crippen LogP contribution in [-0.2, 0) is 6.42 Å². The minimum atomic E-state index is 0.176. The van der Waals surface area contributed by atoms with Crippen LogP contribution in [0.5, 0.6) is 5.75 Å². The van der Waals surface area contributed by atoms with E-state index in [-0.39, 0.29) is 5.94 Å². The van der Waals surface area contributed by atoms with E-state index in [1.165, 1.54) is 30.4 Å². The van der Waals surface area contributed by atoms with Crippen molar-refractivity contribution in [1.29, 1.82) is 0 Å². The molecule has 0 saturated carbocycles. The molecule has 1 aromatic rings. The molecule has 26 heavy (non-hydrogen) atoms.